The molecule has 1 atom stereocenters. The van der Waals surface area contributed by atoms with Gasteiger partial charge in [0.2, 0.25) is 0 Å². The Balaban J connectivity index is 1.27. The number of aliphatic hydroxyl groups is 1. The molecule has 27 heavy (non-hydrogen) atoms. The summed E-state index contributed by atoms with van der Waals surface area (Å²) in [5.41, 5.74) is 3.33. The van der Waals surface area contributed by atoms with Crippen molar-refractivity contribution in [3.05, 3.63) is 77.3 Å². The Bertz CT molecular complexity index is 829. The Morgan fingerprint density at radius 1 is 0.889 bits per heavy atom. The fourth-order valence-electron chi connectivity index (χ4n) is 3.48. The molecule has 2 heterocycles. The van der Waals surface area contributed by atoms with E-state index in [-0.39, 0.29) is 0 Å². The van der Waals surface area contributed by atoms with E-state index < -0.39 is 6.10 Å². The lowest BCUT2D eigenvalue weighted by Gasteiger charge is -2.35. The van der Waals surface area contributed by atoms with Gasteiger partial charge in [-0.1, -0.05) is 60.7 Å². The average molecular weight is 380 g/mol. The molecule has 0 bridgehead atoms. The number of β-amino-alcohol motifs (C(OH)–C–C–N with tert-alkyl or cyclic N) is 1. The summed E-state index contributed by atoms with van der Waals surface area (Å²) < 4.78 is 0. The predicted octanol–water partition coefficient (Wildman–Crippen LogP) is 3.66. The zero-order valence-corrected chi connectivity index (χ0v) is 16.2. The van der Waals surface area contributed by atoms with Crippen molar-refractivity contribution < 1.29 is 5.11 Å². The van der Waals surface area contributed by atoms with Crippen LogP contribution in [-0.4, -0.2) is 52.6 Å². The zero-order valence-electron chi connectivity index (χ0n) is 15.4. The molecule has 1 N–H and O–H groups in total. The third-order valence-electron chi connectivity index (χ3n) is 5.04. The Morgan fingerprint density at radius 3 is 2.22 bits per heavy atom. The predicted molar refractivity (Wildman–Crippen MR) is 111 cm³/mol. The maximum Gasteiger partial charge on any atom is 0.123 e. The Hall–Kier alpha value is -2.05. The van der Waals surface area contributed by atoms with Gasteiger partial charge in [0.1, 0.15) is 5.01 Å². The van der Waals surface area contributed by atoms with Crippen LogP contribution in [0.1, 0.15) is 17.4 Å². The highest BCUT2D eigenvalue weighted by Crippen LogP contribution is 2.24. The van der Waals surface area contributed by atoms with Crippen molar-refractivity contribution >= 4 is 11.3 Å². The van der Waals surface area contributed by atoms with Gasteiger partial charge in [0.25, 0.3) is 0 Å². The minimum absolute atomic E-state index is 0.412. The van der Waals surface area contributed by atoms with Crippen molar-refractivity contribution in [2.45, 2.75) is 12.6 Å². The molecule has 0 aliphatic carbocycles. The minimum atomic E-state index is -0.412. The first kappa shape index (κ1) is 18.3. The molecule has 0 amide bonds. The van der Waals surface area contributed by atoms with Crippen molar-refractivity contribution in [1.82, 2.24) is 14.8 Å². The summed E-state index contributed by atoms with van der Waals surface area (Å²) in [5.74, 6) is 0. The number of piperazine rings is 1. The SMILES string of the molecule is OC(CN1CCN(Cc2csc(-c3ccccc3)n2)CC1)c1ccccc1. The van der Waals surface area contributed by atoms with Gasteiger partial charge in [-0.3, -0.25) is 9.80 Å². The van der Waals surface area contributed by atoms with Gasteiger partial charge in [-0.05, 0) is 5.56 Å². The van der Waals surface area contributed by atoms with Crippen LogP contribution in [0.5, 0.6) is 0 Å². The summed E-state index contributed by atoms with van der Waals surface area (Å²) in [6.07, 6.45) is -0.412. The molecule has 4 rings (SSSR count). The van der Waals surface area contributed by atoms with Gasteiger partial charge in [0.15, 0.2) is 0 Å². The molecule has 0 saturated carbocycles. The number of hydrogen-bond donors (Lipinski definition) is 1. The first-order valence-corrected chi connectivity index (χ1v) is 10.3. The molecule has 1 saturated heterocycles. The third kappa shape index (κ3) is 4.82. The normalized spacial score (nSPS) is 17.1. The van der Waals surface area contributed by atoms with E-state index in [1.54, 1.807) is 11.3 Å². The molecule has 1 fully saturated rings. The van der Waals surface area contributed by atoms with Gasteiger partial charge in [-0.15, -0.1) is 11.3 Å². The van der Waals surface area contributed by atoms with Crippen LogP contribution in [-0.2, 0) is 6.54 Å². The van der Waals surface area contributed by atoms with E-state index in [0.717, 1.165) is 49.0 Å². The first-order chi connectivity index (χ1) is 13.3. The number of aromatic nitrogens is 1. The molecule has 1 aliphatic heterocycles. The molecule has 1 unspecified atom stereocenters. The van der Waals surface area contributed by atoms with Crippen LogP contribution in [0.15, 0.2) is 66.0 Å². The number of nitrogens with zero attached hydrogens (tertiary/aromatic N) is 3. The van der Waals surface area contributed by atoms with Crippen LogP contribution in [0.4, 0.5) is 0 Å². The molecular weight excluding hydrogens is 354 g/mol. The van der Waals surface area contributed by atoms with Gasteiger partial charge < -0.3 is 5.11 Å². The second-order valence-electron chi connectivity index (χ2n) is 7.01. The number of hydrogen-bond acceptors (Lipinski definition) is 5. The monoisotopic (exact) mass is 379 g/mol. The zero-order chi connectivity index (χ0) is 18.5. The van der Waals surface area contributed by atoms with Crippen LogP contribution in [0.2, 0.25) is 0 Å². The number of rotatable bonds is 6. The van der Waals surface area contributed by atoms with Gasteiger partial charge in [-0.25, -0.2) is 4.98 Å². The number of aliphatic hydroxyl groups excluding tert-OH is 1. The van der Waals surface area contributed by atoms with Gasteiger partial charge in [0.05, 0.1) is 11.8 Å². The van der Waals surface area contributed by atoms with E-state index in [1.165, 1.54) is 5.56 Å². The fraction of sp³-hybridized carbons (Fsp3) is 0.318. The summed E-state index contributed by atoms with van der Waals surface area (Å²) in [7, 11) is 0. The highest BCUT2D eigenvalue weighted by atomic mass is 32.1. The van der Waals surface area contributed by atoms with Crippen molar-refractivity contribution in [3.8, 4) is 10.6 Å². The maximum atomic E-state index is 10.4. The highest BCUT2D eigenvalue weighted by molar-refractivity contribution is 7.13. The van der Waals surface area contributed by atoms with Gasteiger partial charge in [0, 0.05) is 50.2 Å². The minimum Gasteiger partial charge on any atom is -0.387 e. The quantitative estimate of drug-likeness (QED) is 0.709. The maximum absolute atomic E-state index is 10.4. The van der Waals surface area contributed by atoms with E-state index in [4.69, 9.17) is 4.98 Å². The number of benzene rings is 2. The van der Waals surface area contributed by atoms with Crippen molar-refractivity contribution in [2.24, 2.45) is 0 Å². The van der Waals surface area contributed by atoms with Crippen LogP contribution >= 0.6 is 11.3 Å². The first-order valence-electron chi connectivity index (χ1n) is 9.45. The largest absolute Gasteiger partial charge is 0.387 e. The van der Waals surface area contributed by atoms with Crippen molar-refractivity contribution in [3.63, 3.8) is 0 Å². The Labute approximate surface area is 164 Å². The van der Waals surface area contributed by atoms with Gasteiger partial charge >= 0.3 is 0 Å². The molecule has 1 aliphatic rings. The summed E-state index contributed by atoms with van der Waals surface area (Å²) in [5, 5.41) is 13.7. The van der Waals surface area contributed by atoms with E-state index >= 15 is 0 Å². The topological polar surface area (TPSA) is 39.6 Å². The van der Waals surface area contributed by atoms with Crippen LogP contribution in [0.25, 0.3) is 10.6 Å². The Morgan fingerprint density at radius 2 is 1.52 bits per heavy atom. The molecule has 2 aromatic carbocycles. The molecule has 0 radical (unpaired) electrons. The molecule has 5 heteroatoms. The van der Waals surface area contributed by atoms with Crippen molar-refractivity contribution in [1.29, 1.82) is 0 Å². The standard InChI is InChI=1S/C22H25N3OS/c26-21(18-7-3-1-4-8-18)16-25-13-11-24(12-14-25)15-20-17-27-22(23-20)19-9-5-2-6-10-19/h1-10,17,21,26H,11-16H2. The van der Waals surface area contributed by atoms with E-state index in [9.17, 15) is 5.11 Å². The van der Waals surface area contributed by atoms with E-state index in [2.05, 4.69) is 39.4 Å². The highest BCUT2D eigenvalue weighted by Gasteiger charge is 2.20. The second-order valence-corrected chi connectivity index (χ2v) is 7.87. The lowest BCUT2D eigenvalue weighted by atomic mass is 10.1. The molecule has 4 nitrogen and oxygen atoms in total. The van der Waals surface area contributed by atoms with Crippen LogP contribution < -0.4 is 0 Å². The summed E-state index contributed by atoms with van der Waals surface area (Å²) in [4.78, 5) is 9.61. The van der Waals surface area contributed by atoms with E-state index in [0.29, 0.717) is 6.54 Å². The molecule has 140 valence electrons. The van der Waals surface area contributed by atoms with E-state index in [1.807, 2.05) is 36.4 Å². The number of thiazole rings is 1. The summed E-state index contributed by atoms with van der Waals surface area (Å²) in [6.45, 7) is 5.60. The van der Waals surface area contributed by atoms with Gasteiger partial charge in [-0.2, -0.15) is 0 Å². The third-order valence-corrected chi connectivity index (χ3v) is 5.98. The summed E-state index contributed by atoms with van der Waals surface area (Å²) >= 11 is 1.72. The molecular formula is C22H25N3OS. The van der Waals surface area contributed by atoms with Crippen molar-refractivity contribution in [2.75, 3.05) is 32.7 Å². The fourth-order valence-corrected chi connectivity index (χ4v) is 4.29. The molecule has 3 aromatic rings. The smallest absolute Gasteiger partial charge is 0.123 e. The second kappa shape index (κ2) is 8.76. The van der Waals surface area contributed by atoms with Crippen LogP contribution in [0.3, 0.4) is 0 Å². The molecule has 1 aromatic heterocycles. The summed E-state index contributed by atoms with van der Waals surface area (Å²) in [6, 6.07) is 20.3. The Kier molecular flexibility index (Phi) is 5.94. The lowest BCUT2D eigenvalue weighted by Crippen LogP contribution is -2.47. The molecule has 0 spiro atoms. The lowest BCUT2D eigenvalue weighted by molar-refractivity contribution is 0.0697. The average Bonchev–Trinajstić information content (AvgIpc) is 3.19. The van der Waals surface area contributed by atoms with Crippen LogP contribution in [0, 0.1) is 0 Å².